The molecule has 6 nitrogen and oxygen atoms in total. The largest absolute Gasteiger partial charge is 0.493 e. The Bertz CT molecular complexity index is 1170. The molecule has 9 heteroatoms. The van der Waals surface area contributed by atoms with Crippen molar-refractivity contribution in [3.8, 4) is 11.5 Å². The van der Waals surface area contributed by atoms with E-state index in [1.807, 2.05) is 6.07 Å². The van der Waals surface area contributed by atoms with Gasteiger partial charge in [-0.1, -0.05) is 35.3 Å². The van der Waals surface area contributed by atoms with Gasteiger partial charge in [-0.3, -0.25) is 4.79 Å². The van der Waals surface area contributed by atoms with Gasteiger partial charge in [0.2, 0.25) is 0 Å². The van der Waals surface area contributed by atoms with Crippen LogP contribution in [0.5, 0.6) is 11.5 Å². The predicted octanol–water partition coefficient (Wildman–Crippen LogP) is 5.75. The molecule has 158 valence electrons. The summed E-state index contributed by atoms with van der Waals surface area (Å²) in [6.45, 7) is 0. The molecule has 0 aromatic heterocycles. The number of hydrazone groups is 1. The van der Waals surface area contributed by atoms with Crippen LogP contribution in [0.3, 0.4) is 0 Å². The van der Waals surface area contributed by atoms with Crippen LogP contribution >= 0.6 is 39.1 Å². The Balaban J connectivity index is 1.71. The summed E-state index contributed by atoms with van der Waals surface area (Å²) in [5.41, 5.74) is 3.71. The van der Waals surface area contributed by atoms with E-state index in [4.69, 9.17) is 32.7 Å². The standard InChI is InChI=1S/C22H15BrCl2N2O4/c1-30-20-10-13(12-26-27-21(28)15-4-2-3-5-17(15)23)6-9-19(20)31-22(29)16-8-7-14(24)11-18(16)25/h2-12H,1H3,(H,27,28)/b26-12-. The molecule has 31 heavy (non-hydrogen) atoms. The molecule has 0 radical (unpaired) electrons. The number of benzene rings is 3. The van der Waals surface area contributed by atoms with Gasteiger partial charge in [0.15, 0.2) is 11.5 Å². The monoisotopic (exact) mass is 520 g/mol. The Labute approximate surface area is 196 Å². The second-order valence-electron chi connectivity index (χ2n) is 6.10. The molecule has 0 bridgehead atoms. The molecule has 3 rings (SSSR count). The molecule has 0 saturated heterocycles. The molecule has 0 aliphatic carbocycles. The molecule has 1 N–H and O–H groups in total. The highest BCUT2D eigenvalue weighted by Gasteiger charge is 2.16. The molecule has 0 spiro atoms. The van der Waals surface area contributed by atoms with Crippen molar-refractivity contribution in [3.05, 3.63) is 91.9 Å². The number of nitrogens with one attached hydrogen (secondary N) is 1. The van der Waals surface area contributed by atoms with E-state index in [1.165, 1.54) is 25.5 Å². The highest BCUT2D eigenvalue weighted by Crippen LogP contribution is 2.30. The Morgan fingerprint density at radius 2 is 1.77 bits per heavy atom. The molecule has 0 aliphatic heterocycles. The van der Waals surface area contributed by atoms with Crippen LogP contribution in [0.15, 0.2) is 70.2 Å². The van der Waals surface area contributed by atoms with Gasteiger partial charge in [0.25, 0.3) is 5.91 Å². The minimum Gasteiger partial charge on any atom is -0.493 e. The lowest BCUT2D eigenvalue weighted by Gasteiger charge is -2.10. The van der Waals surface area contributed by atoms with Gasteiger partial charge in [-0.05, 0) is 70.0 Å². The number of carbonyl (C=O) groups excluding carboxylic acids is 2. The first-order chi connectivity index (χ1) is 14.9. The fraction of sp³-hybridized carbons (Fsp3) is 0.0455. The van der Waals surface area contributed by atoms with Crippen molar-refractivity contribution < 1.29 is 19.1 Å². The molecule has 0 fully saturated rings. The van der Waals surface area contributed by atoms with E-state index in [9.17, 15) is 9.59 Å². The first kappa shape index (κ1) is 22.8. The van der Waals surface area contributed by atoms with E-state index in [2.05, 4.69) is 26.5 Å². The number of methoxy groups -OCH3 is 1. The van der Waals surface area contributed by atoms with Crippen molar-refractivity contribution in [2.75, 3.05) is 7.11 Å². The van der Waals surface area contributed by atoms with Crippen LogP contribution in [0.4, 0.5) is 0 Å². The number of nitrogens with zero attached hydrogens (tertiary/aromatic N) is 1. The maximum Gasteiger partial charge on any atom is 0.345 e. The molecule has 3 aromatic carbocycles. The maximum atomic E-state index is 12.4. The molecular formula is C22H15BrCl2N2O4. The third kappa shape index (κ3) is 5.85. The first-order valence-electron chi connectivity index (χ1n) is 8.82. The number of halogens is 3. The highest BCUT2D eigenvalue weighted by molar-refractivity contribution is 9.10. The third-order valence-electron chi connectivity index (χ3n) is 4.04. The summed E-state index contributed by atoms with van der Waals surface area (Å²) < 4.78 is 11.4. The second-order valence-corrected chi connectivity index (χ2v) is 7.80. The number of rotatable bonds is 6. The van der Waals surface area contributed by atoms with E-state index in [0.29, 0.717) is 26.4 Å². The molecule has 0 unspecified atom stereocenters. The highest BCUT2D eigenvalue weighted by atomic mass is 79.9. The van der Waals surface area contributed by atoms with Crippen LogP contribution in [-0.2, 0) is 0 Å². The number of ether oxygens (including phenoxy) is 2. The topological polar surface area (TPSA) is 77.0 Å². The summed E-state index contributed by atoms with van der Waals surface area (Å²) in [6.07, 6.45) is 1.44. The number of hydrogen-bond acceptors (Lipinski definition) is 5. The van der Waals surface area contributed by atoms with Crippen molar-refractivity contribution in [2.45, 2.75) is 0 Å². The van der Waals surface area contributed by atoms with Gasteiger partial charge in [0, 0.05) is 9.50 Å². The lowest BCUT2D eigenvalue weighted by atomic mass is 10.2. The lowest BCUT2D eigenvalue weighted by molar-refractivity contribution is 0.0729. The zero-order valence-electron chi connectivity index (χ0n) is 16.1. The summed E-state index contributed by atoms with van der Waals surface area (Å²) in [6, 6.07) is 16.3. The second kappa shape index (κ2) is 10.4. The average molecular weight is 522 g/mol. The van der Waals surface area contributed by atoms with Gasteiger partial charge in [-0.2, -0.15) is 5.10 Å². The van der Waals surface area contributed by atoms with Gasteiger partial charge in [-0.15, -0.1) is 0 Å². The third-order valence-corrected chi connectivity index (χ3v) is 5.28. The number of hydrogen-bond donors (Lipinski definition) is 1. The van der Waals surface area contributed by atoms with Crippen LogP contribution in [0, 0.1) is 0 Å². The summed E-state index contributed by atoms with van der Waals surface area (Å²) in [7, 11) is 1.44. The van der Waals surface area contributed by atoms with Gasteiger partial charge >= 0.3 is 5.97 Å². The Hall–Kier alpha value is -2.87. The summed E-state index contributed by atoms with van der Waals surface area (Å²) >= 11 is 15.2. The summed E-state index contributed by atoms with van der Waals surface area (Å²) in [5.74, 6) is -0.504. The van der Waals surface area contributed by atoms with Crippen LogP contribution < -0.4 is 14.9 Å². The number of carbonyl (C=O) groups is 2. The average Bonchev–Trinajstić information content (AvgIpc) is 2.74. The van der Waals surface area contributed by atoms with Crippen molar-refractivity contribution in [3.63, 3.8) is 0 Å². The fourth-order valence-corrected chi connectivity index (χ4v) is 3.48. The summed E-state index contributed by atoms with van der Waals surface area (Å²) in [4.78, 5) is 24.6. The van der Waals surface area contributed by atoms with Crippen molar-refractivity contribution in [1.82, 2.24) is 5.43 Å². The zero-order chi connectivity index (χ0) is 22.4. The zero-order valence-corrected chi connectivity index (χ0v) is 19.2. The summed E-state index contributed by atoms with van der Waals surface area (Å²) in [5, 5.41) is 4.55. The van der Waals surface area contributed by atoms with Gasteiger partial charge in [0.05, 0.1) is 29.5 Å². The minimum atomic E-state index is -0.651. The van der Waals surface area contributed by atoms with Crippen LogP contribution in [-0.4, -0.2) is 25.2 Å². The first-order valence-corrected chi connectivity index (χ1v) is 10.4. The molecule has 1 amide bonds. The van der Waals surface area contributed by atoms with Crippen LogP contribution in [0.1, 0.15) is 26.3 Å². The Kier molecular flexibility index (Phi) is 7.68. The smallest absolute Gasteiger partial charge is 0.345 e. The minimum absolute atomic E-state index is 0.175. The maximum absolute atomic E-state index is 12.4. The van der Waals surface area contributed by atoms with E-state index in [0.717, 1.165) is 0 Å². The van der Waals surface area contributed by atoms with E-state index < -0.39 is 5.97 Å². The quantitative estimate of drug-likeness (QED) is 0.194. The van der Waals surface area contributed by atoms with Gasteiger partial charge < -0.3 is 9.47 Å². The van der Waals surface area contributed by atoms with E-state index >= 15 is 0 Å². The van der Waals surface area contributed by atoms with E-state index in [1.54, 1.807) is 42.5 Å². The molecule has 0 saturated carbocycles. The number of esters is 1. The van der Waals surface area contributed by atoms with Crippen LogP contribution in [0.2, 0.25) is 10.0 Å². The van der Waals surface area contributed by atoms with Gasteiger partial charge in [0.1, 0.15) is 0 Å². The van der Waals surface area contributed by atoms with Crippen molar-refractivity contribution in [1.29, 1.82) is 0 Å². The molecule has 3 aromatic rings. The molecular weight excluding hydrogens is 507 g/mol. The molecule has 0 heterocycles. The van der Waals surface area contributed by atoms with Crippen LogP contribution in [0.25, 0.3) is 0 Å². The molecule has 0 aliphatic rings. The van der Waals surface area contributed by atoms with Crippen molar-refractivity contribution >= 4 is 57.2 Å². The van der Waals surface area contributed by atoms with E-state index in [-0.39, 0.29) is 22.2 Å². The Morgan fingerprint density at radius 3 is 2.48 bits per heavy atom. The predicted molar refractivity (Wildman–Crippen MR) is 124 cm³/mol. The lowest BCUT2D eigenvalue weighted by Crippen LogP contribution is -2.18. The normalized spacial score (nSPS) is 10.7. The van der Waals surface area contributed by atoms with Crippen molar-refractivity contribution in [2.24, 2.45) is 5.10 Å². The molecule has 0 atom stereocenters. The number of amides is 1. The Morgan fingerprint density at radius 1 is 1.00 bits per heavy atom. The SMILES string of the molecule is COc1cc(/C=N\NC(=O)c2ccccc2Br)ccc1OC(=O)c1ccc(Cl)cc1Cl. The van der Waals surface area contributed by atoms with Gasteiger partial charge in [-0.25, -0.2) is 10.2 Å². The fourth-order valence-electron chi connectivity index (χ4n) is 2.53.